The Labute approximate surface area is 110 Å². The van der Waals surface area contributed by atoms with Crippen molar-refractivity contribution in [3.05, 3.63) is 22.7 Å². The minimum Gasteiger partial charge on any atom is -0.481 e. The van der Waals surface area contributed by atoms with E-state index in [4.69, 9.17) is 27.2 Å². The van der Waals surface area contributed by atoms with Crippen LogP contribution in [0.4, 0.5) is 18.9 Å². The molecule has 0 saturated heterocycles. The van der Waals surface area contributed by atoms with Crippen LogP contribution in [-0.4, -0.2) is 23.4 Å². The highest BCUT2D eigenvalue weighted by Gasteiger charge is 2.52. The van der Waals surface area contributed by atoms with E-state index in [1.165, 1.54) is 12.1 Å². The van der Waals surface area contributed by atoms with Crippen LogP contribution < -0.4 is 10.5 Å². The van der Waals surface area contributed by atoms with Gasteiger partial charge in [0.15, 0.2) is 0 Å². The van der Waals surface area contributed by atoms with Crippen LogP contribution in [0.15, 0.2) is 12.1 Å². The Balaban J connectivity index is 2.48. The molecule has 0 bridgehead atoms. The van der Waals surface area contributed by atoms with Crippen LogP contribution in [0.1, 0.15) is 5.56 Å². The molecular formula is C11H9ClF3NO3. The molecule has 0 unspecified atom stereocenters. The number of aliphatic carboxylic acids is 1. The number of nitrogen functional groups attached to an aromatic ring is 1. The summed E-state index contributed by atoms with van der Waals surface area (Å²) in [6.45, 7) is 0. The summed E-state index contributed by atoms with van der Waals surface area (Å²) in [7, 11) is 0. The third-order valence-corrected chi connectivity index (χ3v) is 3.07. The smallest absolute Gasteiger partial charge is 0.426 e. The van der Waals surface area contributed by atoms with Crippen LogP contribution in [0.25, 0.3) is 0 Å². The standard InChI is InChI=1S/C11H9ClF3NO3/c12-5-1-4-2-6(10(17)18)9(11(13,14)15)19-8(4)7(16)3-5/h1,3,6,9H,2,16H2,(H,17,18)/t6-,9-/m1/s1. The largest absolute Gasteiger partial charge is 0.481 e. The van der Waals surface area contributed by atoms with Crippen LogP contribution in [0, 0.1) is 5.92 Å². The van der Waals surface area contributed by atoms with Gasteiger partial charge in [-0.1, -0.05) is 11.6 Å². The molecule has 0 fully saturated rings. The Morgan fingerprint density at radius 3 is 2.63 bits per heavy atom. The first-order chi connectivity index (χ1) is 8.70. The van der Waals surface area contributed by atoms with E-state index in [2.05, 4.69) is 0 Å². The van der Waals surface area contributed by atoms with Gasteiger partial charge in [-0.3, -0.25) is 4.79 Å². The first-order valence-corrected chi connectivity index (χ1v) is 5.62. The molecule has 4 nitrogen and oxygen atoms in total. The van der Waals surface area contributed by atoms with Crippen LogP contribution in [0.2, 0.25) is 5.02 Å². The maximum atomic E-state index is 12.8. The van der Waals surface area contributed by atoms with Gasteiger partial charge in [0, 0.05) is 5.02 Å². The summed E-state index contributed by atoms with van der Waals surface area (Å²) in [5.41, 5.74) is 5.77. The average molecular weight is 296 g/mol. The SMILES string of the molecule is Nc1cc(Cl)cc2c1O[C@@H](C(F)(F)F)[C@H](C(=O)O)C2. The molecule has 0 saturated carbocycles. The molecule has 8 heteroatoms. The number of fused-ring (bicyclic) bond motifs is 1. The number of hydrogen-bond acceptors (Lipinski definition) is 3. The van der Waals surface area contributed by atoms with Crippen molar-refractivity contribution in [2.24, 2.45) is 5.92 Å². The number of carboxylic acids is 1. The summed E-state index contributed by atoms with van der Waals surface area (Å²) in [6, 6.07) is 2.62. The lowest BCUT2D eigenvalue weighted by molar-refractivity contribution is -0.217. The summed E-state index contributed by atoms with van der Waals surface area (Å²) in [4.78, 5) is 10.9. The predicted octanol–water partition coefficient (Wildman–Crippen LogP) is 2.49. The minimum absolute atomic E-state index is 0.0411. The fourth-order valence-corrected chi connectivity index (χ4v) is 2.28. The van der Waals surface area contributed by atoms with E-state index in [9.17, 15) is 18.0 Å². The molecular weight excluding hydrogens is 287 g/mol. The number of carbonyl (C=O) groups is 1. The third kappa shape index (κ3) is 2.56. The van der Waals surface area contributed by atoms with E-state index in [0.717, 1.165) is 0 Å². The van der Waals surface area contributed by atoms with Gasteiger partial charge in [0.25, 0.3) is 0 Å². The Bertz CT molecular complexity index is 533. The first-order valence-electron chi connectivity index (χ1n) is 5.24. The number of carboxylic acid groups (broad SMARTS) is 1. The zero-order chi connectivity index (χ0) is 14.4. The molecule has 0 aliphatic carbocycles. The van der Waals surface area contributed by atoms with Crippen molar-refractivity contribution >= 4 is 23.3 Å². The van der Waals surface area contributed by atoms with Gasteiger partial charge in [-0.05, 0) is 24.1 Å². The first kappa shape index (κ1) is 13.8. The van der Waals surface area contributed by atoms with Crippen LogP contribution >= 0.6 is 11.6 Å². The molecule has 0 spiro atoms. The minimum atomic E-state index is -4.78. The van der Waals surface area contributed by atoms with Gasteiger partial charge in [-0.15, -0.1) is 0 Å². The van der Waals surface area contributed by atoms with Gasteiger partial charge in [0.05, 0.1) is 5.69 Å². The highest BCUT2D eigenvalue weighted by molar-refractivity contribution is 6.31. The summed E-state index contributed by atoms with van der Waals surface area (Å²) in [6.07, 6.45) is -7.53. The zero-order valence-electron chi connectivity index (χ0n) is 9.37. The van der Waals surface area contributed by atoms with E-state index in [-0.39, 0.29) is 28.4 Å². The van der Waals surface area contributed by atoms with Crippen LogP contribution in [-0.2, 0) is 11.2 Å². The van der Waals surface area contributed by atoms with Crippen LogP contribution in [0.3, 0.4) is 0 Å². The number of alkyl halides is 3. The van der Waals surface area contributed by atoms with E-state index in [1.54, 1.807) is 0 Å². The fourth-order valence-electron chi connectivity index (χ4n) is 2.03. The molecule has 3 N–H and O–H groups in total. The molecule has 0 aromatic heterocycles. The van der Waals surface area contributed by atoms with Crippen molar-refractivity contribution in [3.63, 3.8) is 0 Å². The van der Waals surface area contributed by atoms with Gasteiger partial charge in [0.2, 0.25) is 6.10 Å². The second-order valence-corrected chi connectivity index (χ2v) is 4.65. The number of nitrogens with two attached hydrogens (primary N) is 1. The van der Waals surface area contributed by atoms with Gasteiger partial charge in [0.1, 0.15) is 11.7 Å². The molecule has 1 aromatic rings. The molecule has 2 rings (SSSR count). The molecule has 1 aromatic carbocycles. The van der Waals surface area contributed by atoms with Gasteiger partial charge in [-0.25, -0.2) is 0 Å². The molecule has 0 radical (unpaired) electrons. The lowest BCUT2D eigenvalue weighted by Gasteiger charge is -2.33. The zero-order valence-corrected chi connectivity index (χ0v) is 10.1. The van der Waals surface area contributed by atoms with Gasteiger partial charge < -0.3 is 15.6 Å². The van der Waals surface area contributed by atoms with Crippen molar-refractivity contribution in [2.75, 3.05) is 5.73 Å². The Hall–Kier alpha value is -1.63. The summed E-state index contributed by atoms with van der Waals surface area (Å²) in [5, 5.41) is 9.11. The Morgan fingerprint density at radius 1 is 1.47 bits per heavy atom. The maximum Gasteiger partial charge on any atom is 0.426 e. The second-order valence-electron chi connectivity index (χ2n) is 4.21. The summed E-state index contributed by atoms with van der Waals surface area (Å²) >= 11 is 5.73. The number of benzene rings is 1. The summed E-state index contributed by atoms with van der Waals surface area (Å²) < 4.78 is 43.2. The lowest BCUT2D eigenvalue weighted by Crippen LogP contribution is -2.47. The summed E-state index contributed by atoms with van der Waals surface area (Å²) in [5.74, 6) is -3.44. The average Bonchev–Trinajstić information content (AvgIpc) is 2.25. The van der Waals surface area contributed by atoms with Crippen molar-refractivity contribution in [2.45, 2.75) is 18.7 Å². The molecule has 2 atom stereocenters. The molecule has 1 heterocycles. The van der Waals surface area contributed by atoms with Crippen molar-refractivity contribution in [1.29, 1.82) is 0 Å². The monoisotopic (exact) mass is 295 g/mol. The van der Waals surface area contributed by atoms with E-state index >= 15 is 0 Å². The van der Waals surface area contributed by atoms with Gasteiger partial charge in [-0.2, -0.15) is 13.2 Å². The molecule has 104 valence electrons. The third-order valence-electron chi connectivity index (χ3n) is 2.85. The number of hydrogen-bond donors (Lipinski definition) is 2. The topological polar surface area (TPSA) is 72.5 Å². The van der Waals surface area contributed by atoms with E-state index in [1.807, 2.05) is 0 Å². The number of rotatable bonds is 1. The second kappa shape index (κ2) is 4.48. The van der Waals surface area contributed by atoms with Gasteiger partial charge >= 0.3 is 12.1 Å². The predicted molar refractivity (Wildman–Crippen MR) is 61.2 cm³/mol. The maximum absolute atomic E-state index is 12.8. The number of halogens is 4. The molecule has 0 amide bonds. The van der Waals surface area contributed by atoms with Crippen molar-refractivity contribution in [3.8, 4) is 5.75 Å². The fraction of sp³-hybridized carbons (Fsp3) is 0.364. The Kier molecular flexibility index (Phi) is 3.25. The van der Waals surface area contributed by atoms with E-state index in [0.29, 0.717) is 0 Å². The van der Waals surface area contributed by atoms with Crippen molar-refractivity contribution in [1.82, 2.24) is 0 Å². The molecule has 1 aliphatic rings. The van der Waals surface area contributed by atoms with Crippen molar-refractivity contribution < 1.29 is 27.8 Å². The Morgan fingerprint density at radius 2 is 2.11 bits per heavy atom. The normalized spacial score (nSPS) is 22.5. The highest BCUT2D eigenvalue weighted by Crippen LogP contribution is 2.42. The quantitative estimate of drug-likeness (QED) is 0.781. The van der Waals surface area contributed by atoms with E-state index < -0.39 is 24.2 Å². The number of anilines is 1. The molecule has 19 heavy (non-hydrogen) atoms. The lowest BCUT2D eigenvalue weighted by atomic mass is 9.90. The highest BCUT2D eigenvalue weighted by atomic mass is 35.5. The van der Waals surface area contributed by atoms with Crippen LogP contribution in [0.5, 0.6) is 5.75 Å². The molecule has 1 aliphatic heterocycles. The number of ether oxygens (including phenoxy) is 1.